The summed E-state index contributed by atoms with van der Waals surface area (Å²) >= 11 is 0. The molecule has 0 aliphatic heterocycles. The van der Waals surface area contributed by atoms with Gasteiger partial charge in [0.25, 0.3) is 0 Å². The summed E-state index contributed by atoms with van der Waals surface area (Å²) in [5, 5.41) is 4.00. The molecule has 5 aromatic rings. The lowest BCUT2D eigenvalue weighted by molar-refractivity contribution is 0.639. The van der Waals surface area contributed by atoms with Crippen LogP contribution in [0.25, 0.3) is 33.5 Å². The van der Waals surface area contributed by atoms with Crippen LogP contribution in [0.1, 0.15) is 23.9 Å². The Balaban J connectivity index is 1.49. The van der Waals surface area contributed by atoms with E-state index in [2.05, 4.69) is 31.8 Å². The third kappa shape index (κ3) is 3.49. The molecule has 0 unspecified atom stereocenters. The topological polar surface area (TPSA) is 83.8 Å². The highest BCUT2D eigenvalue weighted by atomic mass is 19.1. The van der Waals surface area contributed by atoms with E-state index < -0.39 is 0 Å². The molecule has 0 amide bonds. The second-order valence-electron chi connectivity index (χ2n) is 7.79. The molecule has 0 saturated heterocycles. The summed E-state index contributed by atoms with van der Waals surface area (Å²) in [5.74, 6) is 0.399. The third-order valence-electron chi connectivity index (χ3n) is 5.40. The van der Waals surface area contributed by atoms with Crippen LogP contribution in [0.15, 0.2) is 55.8 Å². The molecule has 0 aliphatic rings. The molecule has 1 aromatic carbocycles. The van der Waals surface area contributed by atoms with Gasteiger partial charge in [0, 0.05) is 36.0 Å². The maximum absolute atomic E-state index is 14.3. The van der Waals surface area contributed by atoms with Gasteiger partial charge >= 0.3 is 0 Å². The molecule has 0 spiro atoms. The molecule has 4 aromatic heterocycles. The van der Waals surface area contributed by atoms with Gasteiger partial charge in [-0.05, 0) is 43.5 Å². The predicted molar refractivity (Wildman–Crippen MR) is 124 cm³/mol. The number of nitrogens with one attached hydrogen (secondary N) is 2. The summed E-state index contributed by atoms with van der Waals surface area (Å²) in [4.78, 5) is 21.2. The number of allylic oxidation sites excluding steroid dienone is 1. The summed E-state index contributed by atoms with van der Waals surface area (Å²) in [6.45, 7) is 8.44. The fourth-order valence-electron chi connectivity index (χ4n) is 3.79. The van der Waals surface area contributed by atoms with E-state index in [-0.39, 0.29) is 5.82 Å². The van der Waals surface area contributed by atoms with E-state index in [4.69, 9.17) is 4.98 Å². The summed E-state index contributed by atoms with van der Waals surface area (Å²) in [6.07, 6.45) is 9.58. The van der Waals surface area contributed by atoms with E-state index in [1.54, 1.807) is 24.7 Å². The van der Waals surface area contributed by atoms with Crippen LogP contribution in [0.2, 0.25) is 0 Å². The number of aryl methyl sites for hydroxylation is 1. The van der Waals surface area contributed by atoms with Gasteiger partial charge in [-0.2, -0.15) is 0 Å². The van der Waals surface area contributed by atoms with Gasteiger partial charge in [-0.1, -0.05) is 12.6 Å². The van der Waals surface area contributed by atoms with E-state index in [1.165, 1.54) is 6.07 Å². The van der Waals surface area contributed by atoms with E-state index >= 15 is 0 Å². The van der Waals surface area contributed by atoms with E-state index in [0.29, 0.717) is 41.2 Å². The zero-order valence-corrected chi connectivity index (χ0v) is 17.9. The quantitative estimate of drug-likeness (QED) is 0.407. The number of halogens is 1. The molecule has 160 valence electrons. The summed E-state index contributed by atoms with van der Waals surface area (Å²) in [6, 6.07) is 5.05. The first-order valence-corrected chi connectivity index (χ1v) is 10.3. The number of hydrogen-bond donors (Lipinski definition) is 2. The smallest absolute Gasteiger partial charge is 0.180 e. The first-order valence-electron chi connectivity index (χ1n) is 10.3. The van der Waals surface area contributed by atoms with Crippen molar-refractivity contribution in [1.82, 2.24) is 29.3 Å². The van der Waals surface area contributed by atoms with Crippen LogP contribution < -0.4 is 5.32 Å². The highest BCUT2D eigenvalue weighted by Crippen LogP contribution is 2.25. The number of imidazole rings is 1. The van der Waals surface area contributed by atoms with Crippen LogP contribution >= 0.6 is 0 Å². The van der Waals surface area contributed by atoms with E-state index in [9.17, 15) is 4.39 Å². The fourth-order valence-corrected chi connectivity index (χ4v) is 3.79. The molecule has 0 saturated carbocycles. The summed E-state index contributed by atoms with van der Waals surface area (Å²) in [7, 11) is 0. The summed E-state index contributed by atoms with van der Waals surface area (Å²) < 4.78 is 16.3. The van der Waals surface area contributed by atoms with Gasteiger partial charge in [-0.25, -0.2) is 14.4 Å². The Labute approximate surface area is 184 Å². The molecular formula is C24H22FN7. The Bertz CT molecular complexity index is 1450. The van der Waals surface area contributed by atoms with Crippen LogP contribution in [0.5, 0.6) is 0 Å². The van der Waals surface area contributed by atoms with Crippen molar-refractivity contribution < 1.29 is 4.39 Å². The molecule has 2 N–H and O–H groups in total. The van der Waals surface area contributed by atoms with Gasteiger partial charge in [0.15, 0.2) is 11.5 Å². The third-order valence-corrected chi connectivity index (χ3v) is 5.40. The maximum atomic E-state index is 14.3. The van der Waals surface area contributed by atoms with Crippen LogP contribution in [0.4, 0.5) is 10.2 Å². The van der Waals surface area contributed by atoms with Crippen molar-refractivity contribution in [3.8, 4) is 11.4 Å². The Morgan fingerprint density at radius 1 is 1.16 bits per heavy atom. The molecular weight excluding hydrogens is 405 g/mol. The molecule has 0 aliphatic carbocycles. The Hall–Kier alpha value is -4.07. The highest BCUT2D eigenvalue weighted by Gasteiger charge is 2.15. The molecule has 5 rings (SSSR count). The monoisotopic (exact) mass is 427 g/mol. The Kier molecular flexibility index (Phi) is 4.89. The first-order chi connectivity index (χ1) is 15.5. The van der Waals surface area contributed by atoms with Crippen LogP contribution in [0.3, 0.4) is 0 Å². The minimum absolute atomic E-state index is 0.224. The average molecular weight is 427 g/mol. The van der Waals surface area contributed by atoms with Crippen molar-refractivity contribution in [2.45, 2.75) is 20.3 Å². The van der Waals surface area contributed by atoms with Crippen molar-refractivity contribution in [1.29, 1.82) is 0 Å². The molecule has 0 radical (unpaired) electrons. The second kappa shape index (κ2) is 7.88. The highest BCUT2D eigenvalue weighted by molar-refractivity contribution is 5.84. The van der Waals surface area contributed by atoms with Gasteiger partial charge in [-0.3, -0.25) is 14.4 Å². The SMILES string of the molecule is C=C(C)c1cnc2c(NCCc3c[nH]c4cccc(F)c34)nc(-c3cnc(C)cn3)cn12. The number of fused-ring (bicyclic) bond motifs is 2. The van der Waals surface area contributed by atoms with Crippen molar-refractivity contribution in [2.24, 2.45) is 0 Å². The minimum atomic E-state index is -0.224. The number of hydrogen-bond acceptors (Lipinski definition) is 5. The first kappa shape index (κ1) is 19.9. The van der Waals surface area contributed by atoms with Crippen molar-refractivity contribution >= 4 is 27.9 Å². The Morgan fingerprint density at radius 2 is 2.03 bits per heavy atom. The second-order valence-corrected chi connectivity index (χ2v) is 7.79. The standard InChI is InChI=1S/C24H22FN7/c1-14(2)21-12-30-24-23(31-20(13-32(21)24)19-11-27-15(3)9-28-19)26-8-7-16-10-29-18-6-4-5-17(25)22(16)18/h4-6,9-13,29H,1,7-8H2,2-3H3,(H,26,31). The number of rotatable bonds is 6. The number of H-pyrrole nitrogens is 1. The lowest BCUT2D eigenvalue weighted by Crippen LogP contribution is -2.09. The van der Waals surface area contributed by atoms with Crippen LogP contribution in [-0.4, -0.2) is 35.9 Å². The van der Waals surface area contributed by atoms with Gasteiger partial charge in [-0.15, -0.1) is 0 Å². The van der Waals surface area contributed by atoms with Crippen LogP contribution in [0, 0.1) is 12.7 Å². The molecule has 8 heteroatoms. The predicted octanol–water partition coefficient (Wildman–Crippen LogP) is 4.80. The lowest BCUT2D eigenvalue weighted by atomic mass is 10.1. The molecule has 0 fully saturated rings. The van der Waals surface area contributed by atoms with Crippen molar-refractivity contribution in [2.75, 3.05) is 11.9 Å². The number of aromatic nitrogens is 6. The van der Waals surface area contributed by atoms with Gasteiger partial charge in [0.05, 0.1) is 23.8 Å². The molecule has 32 heavy (non-hydrogen) atoms. The van der Waals surface area contributed by atoms with E-state index in [1.807, 2.05) is 36.7 Å². The average Bonchev–Trinajstić information content (AvgIpc) is 3.39. The molecule has 4 heterocycles. The van der Waals surface area contributed by atoms with Crippen molar-refractivity contribution in [3.63, 3.8) is 0 Å². The molecule has 0 atom stereocenters. The number of benzene rings is 1. The van der Waals surface area contributed by atoms with Gasteiger partial charge in [0.2, 0.25) is 0 Å². The number of nitrogens with zero attached hydrogens (tertiary/aromatic N) is 5. The maximum Gasteiger partial charge on any atom is 0.180 e. The lowest BCUT2D eigenvalue weighted by Gasteiger charge is -2.11. The number of aromatic amines is 1. The zero-order chi connectivity index (χ0) is 22.2. The minimum Gasteiger partial charge on any atom is -0.367 e. The number of anilines is 1. The zero-order valence-electron chi connectivity index (χ0n) is 17.9. The molecule has 7 nitrogen and oxygen atoms in total. The largest absolute Gasteiger partial charge is 0.367 e. The fraction of sp³-hybridized carbons (Fsp3) is 0.167. The molecule has 0 bridgehead atoms. The van der Waals surface area contributed by atoms with Gasteiger partial charge < -0.3 is 10.3 Å². The summed E-state index contributed by atoms with van der Waals surface area (Å²) in [5.41, 5.74) is 6.36. The van der Waals surface area contributed by atoms with Gasteiger partial charge in [0.1, 0.15) is 17.2 Å². The van der Waals surface area contributed by atoms with Crippen LogP contribution in [-0.2, 0) is 6.42 Å². The van der Waals surface area contributed by atoms with Crippen molar-refractivity contribution in [3.05, 3.63) is 78.5 Å². The Morgan fingerprint density at radius 3 is 2.81 bits per heavy atom. The van der Waals surface area contributed by atoms with E-state index in [0.717, 1.165) is 28.0 Å². The normalized spacial score (nSPS) is 11.3.